The first kappa shape index (κ1) is 17.7. The molecular formula is C21H20N2O3S. The van der Waals surface area contributed by atoms with Gasteiger partial charge in [0.15, 0.2) is 0 Å². The molecule has 3 aromatic rings. The van der Waals surface area contributed by atoms with E-state index in [1.807, 2.05) is 24.3 Å². The Kier molecular flexibility index (Phi) is 4.90. The van der Waals surface area contributed by atoms with E-state index in [9.17, 15) is 14.7 Å². The van der Waals surface area contributed by atoms with Crippen molar-refractivity contribution in [1.29, 1.82) is 0 Å². The van der Waals surface area contributed by atoms with Crippen LogP contribution in [0.5, 0.6) is 0 Å². The molecule has 1 fully saturated rings. The van der Waals surface area contributed by atoms with Crippen LogP contribution in [-0.2, 0) is 0 Å². The number of piperidine rings is 1. The number of benzene rings is 2. The van der Waals surface area contributed by atoms with Gasteiger partial charge in [0.05, 0.1) is 10.5 Å². The number of nitrogens with one attached hydrogen (secondary N) is 1. The second-order valence-corrected chi connectivity index (χ2v) is 7.74. The Bertz CT molecular complexity index is 1040. The molecular weight excluding hydrogens is 360 g/mol. The van der Waals surface area contributed by atoms with E-state index >= 15 is 0 Å². The van der Waals surface area contributed by atoms with E-state index in [2.05, 4.69) is 9.88 Å². The number of anilines is 1. The lowest BCUT2D eigenvalue weighted by atomic mass is 10.1. The first-order valence-electron chi connectivity index (χ1n) is 9.04. The standard InChI is InChI=1S/C21H20N2O3S/c24-20-19(18(21(25)26)16-6-2-3-7-17(16)22-20)27-15-10-8-14(9-11-15)23-12-4-1-5-13-23/h2-3,6-11H,1,4-5,12-13H2,(H,22,24)(H,25,26). The summed E-state index contributed by atoms with van der Waals surface area (Å²) in [6, 6.07) is 15.0. The van der Waals surface area contributed by atoms with Crippen molar-refractivity contribution in [2.45, 2.75) is 29.1 Å². The second-order valence-electron chi connectivity index (χ2n) is 6.65. The maximum atomic E-state index is 12.5. The van der Waals surface area contributed by atoms with Gasteiger partial charge < -0.3 is 15.0 Å². The van der Waals surface area contributed by atoms with Crippen LogP contribution in [-0.4, -0.2) is 29.1 Å². The van der Waals surface area contributed by atoms with Crippen LogP contribution in [0.1, 0.15) is 29.6 Å². The first-order valence-corrected chi connectivity index (χ1v) is 9.86. The van der Waals surface area contributed by atoms with E-state index in [4.69, 9.17) is 0 Å². The highest BCUT2D eigenvalue weighted by Gasteiger charge is 2.19. The van der Waals surface area contributed by atoms with Gasteiger partial charge >= 0.3 is 5.97 Å². The summed E-state index contributed by atoms with van der Waals surface area (Å²) in [5.74, 6) is -1.09. The lowest BCUT2D eigenvalue weighted by Crippen LogP contribution is -2.29. The fraction of sp³-hybridized carbons (Fsp3) is 0.238. The van der Waals surface area contributed by atoms with Crippen molar-refractivity contribution in [1.82, 2.24) is 4.98 Å². The fourth-order valence-electron chi connectivity index (χ4n) is 3.53. The number of aromatic carboxylic acids is 1. The third-order valence-electron chi connectivity index (χ3n) is 4.87. The number of rotatable bonds is 4. The molecule has 4 rings (SSSR count). The number of fused-ring (bicyclic) bond motifs is 1. The Morgan fingerprint density at radius 3 is 2.41 bits per heavy atom. The molecule has 1 aliphatic rings. The molecule has 5 nitrogen and oxygen atoms in total. The predicted molar refractivity (Wildman–Crippen MR) is 108 cm³/mol. The highest BCUT2D eigenvalue weighted by molar-refractivity contribution is 7.99. The lowest BCUT2D eigenvalue weighted by molar-refractivity contribution is 0.0695. The van der Waals surface area contributed by atoms with Gasteiger partial charge in [-0.1, -0.05) is 30.0 Å². The second kappa shape index (κ2) is 7.48. The van der Waals surface area contributed by atoms with E-state index < -0.39 is 5.97 Å². The van der Waals surface area contributed by atoms with Gasteiger partial charge in [0.2, 0.25) is 0 Å². The van der Waals surface area contributed by atoms with Crippen LogP contribution in [0, 0.1) is 0 Å². The molecule has 1 aliphatic heterocycles. The van der Waals surface area contributed by atoms with Crippen molar-refractivity contribution in [2.24, 2.45) is 0 Å². The van der Waals surface area contributed by atoms with Crippen molar-refractivity contribution >= 4 is 34.3 Å². The summed E-state index contributed by atoms with van der Waals surface area (Å²) in [5.41, 5.74) is 1.38. The minimum Gasteiger partial charge on any atom is -0.478 e. The molecule has 0 unspecified atom stereocenters. The smallest absolute Gasteiger partial charge is 0.337 e. The van der Waals surface area contributed by atoms with E-state index in [1.54, 1.807) is 24.3 Å². The van der Waals surface area contributed by atoms with E-state index in [0.717, 1.165) is 18.0 Å². The maximum absolute atomic E-state index is 12.5. The zero-order valence-electron chi connectivity index (χ0n) is 14.8. The molecule has 2 aromatic carbocycles. The number of aromatic nitrogens is 1. The first-order chi connectivity index (χ1) is 13.1. The molecule has 0 radical (unpaired) electrons. The minimum atomic E-state index is -1.09. The fourth-order valence-corrected chi connectivity index (χ4v) is 4.48. The third kappa shape index (κ3) is 3.57. The van der Waals surface area contributed by atoms with Gasteiger partial charge in [-0.3, -0.25) is 4.79 Å². The van der Waals surface area contributed by atoms with Crippen LogP contribution in [0.3, 0.4) is 0 Å². The Hall–Kier alpha value is -2.73. The van der Waals surface area contributed by atoms with Crippen molar-refractivity contribution < 1.29 is 9.90 Å². The van der Waals surface area contributed by atoms with E-state index in [0.29, 0.717) is 10.9 Å². The Morgan fingerprint density at radius 1 is 1.00 bits per heavy atom. The quantitative estimate of drug-likeness (QED) is 0.703. The van der Waals surface area contributed by atoms with Crippen molar-refractivity contribution in [2.75, 3.05) is 18.0 Å². The van der Waals surface area contributed by atoms with Gasteiger partial charge in [0, 0.05) is 34.6 Å². The molecule has 2 N–H and O–H groups in total. The molecule has 138 valence electrons. The molecule has 0 atom stereocenters. The van der Waals surface area contributed by atoms with Crippen molar-refractivity contribution in [3.8, 4) is 0 Å². The number of H-pyrrole nitrogens is 1. The molecule has 0 saturated carbocycles. The van der Waals surface area contributed by atoms with Gasteiger partial charge in [0.1, 0.15) is 0 Å². The third-order valence-corrected chi connectivity index (χ3v) is 5.97. The average molecular weight is 380 g/mol. The number of carboxylic acids is 1. The van der Waals surface area contributed by atoms with Gasteiger partial charge in [-0.05, 0) is 49.6 Å². The van der Waals surface area contributed by atoms with Gasteiger partial charge in [-0.2, -0.15) is 0 Å². The number of carbonyl (C=O) groups is 1. The largest absolute Gasteiger partial charge is 0.478 e. The van der Waals surface area contributed by atoms with Crippen LogP contribution >= 0.6 is 11.8 Å². The van der Waals surface area contributed by atoms with Crippen LogP contribution in [0.4, 0.5) is 5.69 Å². The molecule has 1 saturated heterocycles. The number of hydrogen-bond acceptors (Lipinski definition) is 4. The summed E-state index contributed by atoms with van der Waals surface area (Å²) in [5, 5.41) is 10.2. The van der Waals surface area contributed by atoms with Crippen molar-refractivity contribution in [3.63, 3.8) is 0 Å². The van der Waals surface area contributed by atoms with Crippen LogP contribution in [0.25, 0.3) is 10.9 Å². The number of carboxylic acid groups (broad SMARTS) is 1. The van der Waals surface area contributed by atoms with Gasteiger partial charge in [-0.25, -0.2) is 4.79 Å². The molecule has 0 spiro atoms. The van der Waals surface area contributed by atoms with Crippen LogP contribution in [0.2, 0.25) is 0 Å². The van der Waals surface area contributed by atoms with Gasteiger partial charge in [0.25, 0.3) is 5.56 Å². The highest BCUT2D eigenvalue weighted by atomic mass is 32.2. The molecule has 0 bridgehead atoms. The average Bonchev–Trinajstić information content (AvgIpc) is 2.69. The summed E-state index contributed by atoms with van der Waals surface area (Å²) < 4.78 is 0. The number of hydrogen-bond donors (Lipinski definition) is 2. The molecule has 2 heterocycles. The topological polar surface area (TPSA) is 73.4 Å². The normalized spacial score (nSPS) is 14.4. The molecule has 1 aromatic heterocycles. The van der Waals surface area contributed by atoms with E-state index in [1.165, 1.54) is 36.7 Å². The minimum absolute atomic E-state index is 0.0551. The zero-order valence-corrected chi connectivity index (χ0v) is 15.6. The zero-order chi connectivity index (χ0) is 18.8. The number of aromatic amines is 1. The summed E-state index contributed by atoms with van der Waals surface area (Å²) in [7, 11) is 0. The molecule has 0 amide bonds. The molecule has 0 aliphatic carbocycles. The van der Waals surface area contributed by atoms with Crippen molar-refractivity contribution in [3.05, 3.63) is 64.4 Å². The molecule has 27 heavy (non-hydrogen) atoms. The number of nitrogens with zero attached hydrogens (tertiary/aromatic N) is 1. The van der Waals surface area contributed by atoms with E-state index in [-0.39, 0.29) is 16.0 Å². The number of para-hydroxylation sites is 1. The Labute approximate surface area is 161 Å². The van der Waals surface area contributed by atoms with Crippen LogP contribution < -0.4 is 10.5 Å². The number of pyridine rings is 1. The van der Waals surface area contributed by atoms with Crippen LogP contribution in [0.15, 0.2) is 63.1 Å². The Morgan fingerprint density at radius 2 is 1.70 bits per heavy atom. The monoisotopic (exact) mass is 380 g/mol. The summed E-state index contributed by atoms with van der Waals surface area (Å²) in [4.78, 5) is 30.6. The summed E-state index contributed by atoms with van der Waals surface area (Å²) in [6.07, 6.45) is 3.71. The SMILES string of the molecule is O=C(O)c1c(Sc2ccc(N3CCCCC3)cc2)c(=O)[nH]c2ccccc12. The lowest BCUT2D eigenvalue weighted by Gasteiger charge is -2.28. The van der Waals surface area contributed by atoms with Gasteiger partial charge in [-0.15, -0.1) is 0 Å². The summed E-state index contributed by atoms with van der Waals surface area (Å²) >= 11 is 1.20. The highest BCUT2D eigenvalue weighted by Crippen LogP contribution is 2.32. The maximum Gasteiger partial charge on any atom is 0.337 e. The predicted octanol–water partition coefficient (Wildman–Crippen LogP) is 4.37. The summed E-state index contributed by atoms with van der Waals surface area (Å²) in [6.45, 7) is 2.14. The molecule has 6 heteroatoms. The Balaban J connectivity index is 1.69.